The summed E-state index contributed by atoms with van der Waals surface area (Å²) in [7, 11) is -1.33. The van der Waals surface area contributed by atoms with Crippen LogP contribution in [-0.4, -0.2) is 34.7 Å². The third-order valence-electron chi connectivity index (χ3n) is 2.93. The Labute approximate surface area is 93.8 Å². The van der Waals surface area contributed by atoms with Gasteiger partial charge in [-0.1, -0.05) is 0 Å². The van der Waals surface area contributed by atoms with Gasteiger partial charge in [0, 0.05) is 13.5 Å². The molecule has 0 radical (unpaired) electrons. The molecule has 16 heavy (non-hydrogen) atoms. The van der Waals surface area contributed by atoms with Gasteiger partial charge in [0.05, 0.1) is 23.0 Å². The van der Waals surface area contributed by atoms with Crippen LogP contribution in [0.4, 0.5) is 0 Å². The Balaban J connectivity index is 2.26. The van der Waals surface area contributed by atoms with E-state index in [1.165, 1.54) is 6.33 Å². The van der Waals surface area contributed by atoms with Gasteiger partial charge in [-0.2, -0.15) is 10.4 Å². The second-order valence-electron chi connectivity index (χ2n) is 4.21. The maximum Gasteiger partial charge on any atom is 0.151 e. The predicted molar refractivity (Wildman–Crippen MR) is 56.0 cm³/mol. The molecule has 86 valence electrons. The summed E-state index contributed by atoms with van der Waals surface area (Å²) in [5, 5.41) is 13.1. The summed E-state index contributed by atoms with van der Waals surface area (Å²) in [6.45, 7) is 0. The lowest BCUT2D eigenvalue weighted by molar-refractivity contribution is 0.429. The zero-order valence-electron chi connectivity index (χ0n) is 8.92. The van der Waals surface area contributed by atoms with Crippen molar-refractivity contribution in [1.29, 1.82) is 5.26 Å². The molecular weight excluding hydrogens is 228 g/mol. The summed E-state index contributed by atoms with van der Waals surface area (Å²) in [5.74, 6) is 0.681. The van der Waals surface area contributed by atoms with Gasteiger partial charge < -0.3 is 0 Å². The van der Waals surface area contributed by atoms with E-state index in [1.54, 1.807) is 11.7 Å². The Kier molecular flexibility index (Phi) is 2.46. The van der Waals surface area contributed by atoms with E-state index in [1.807, 2.05) is 0 Å². The monoisotopic (exact) mass is 240 g/mol. The molecule has 0 spiro atoms. The van der Waals surface area contributed by atoms with E-state index in [-0.39, 0.29) is 11.5 Å². The van der Waals surface area contributed by atoms with E-state index >= 15 is 0 Å². The number of hydrogen-bond donors (Lipinski definition) is 0. The highest BCUT2D eigenvalue weighted by molar-refractivity contribution is 7.91. The average molecular weight is 240 g/mol. The number of hydrogen-bond acceptors (Lipinski definition) is 5. The normalized spacial score (nSPS) is 27.8. The summed E-state index contributed by atoms with van der Waals surface area (Å²) < 4.78 is 24.4. The highest BCUT2D eigenvalue weighted by Gasteiger charge is 2.43. The molecule has 2 heterocycles. The summed E-state index contributed by atoms with van der Waals surface area (Å²) >= 11 is 0. The van der Waals surface area contributed by atoms with Gasteiger partial charge in [0.25, 0.3) is 0 Å². The third-order valence-corrected chi connectivity index (χ3v) is 4.75. The molecule has 1 atom stereocenters. The van der Waals surface area contributed by atoms with Crippen LogP contribution in [-0.2, 0) is 23.3 Å². The van der Waals surface area contributed by atoms with E-state index < -0.39 is 15.3 Å². The van der Waals surface area contributed by atoms with Crippen LogP contribution >= 0.6 is 0 Å². The predicted octanol–water partition coefficient (Wildman–Crippen LogP) is -0.314. The minimum atomic E-state index is -3.06. The second-order valence-corrected chi connectivity index (χ2v) is 6.39. The highest BCUT2D eigenvalue weighted by Crippen LogP contribution is 2.34. The number of nitriles is 1. The van der Waals surface area contributed by atoms with E-state index in [2.05, 4.69) is 16.2 Å². The molecule has 1 fully saturated rings. The van der Waals surface area contributed by atoms with Crippen LogP contribution in [0, 0.1) is 16.7 Å². The van der Waals surface area contributed by atoms with Crippen molar-refractivity contribution in [3.8, 4) is 6.07 Å². The highest BCUT2D eigenvalue weighted by atomic mass is 32.2. The van der Waals surface area contributed by atoms with Crippen LogP contribution in [0.3, 0.4) is 0 Å². The van der Waals surface area contributed by atoms with Crippen LogP contribution in [0.15, 0.2) is 6.33 Å². The molecule has 1 unspecified atom stereocenters. The molecule has 1 aromatic heterocycles. The van der Waals surface area contributed by atoms with Gasteiger partial charge in [-0.3, -0.25) is 4.68 Å². The van der Waals surface area contributed by atoms with Crippen molar-refractivity contribution >= 4 is 9.84 Å². The van der Waals surface area contributed by atoms with Crippen LogP contribution in [0.2, 0.25) is 0 Å². The molecular formula is C9H12N4O2S. The topological polar surface area (TPSA) is 88.6 Å². The molecule has 2 rings (SSSR count). The summed E-state index contributed by atoms with van der Waals surface area (Å²) in [4.78, 5) is 4.03. The molecule has 1 aliphatic heterocycles. The standard InChI is InChI=1S/C9H12N4O2S/c1-13-8(11-7-12-13)4-9(5-10)2-3-16(14,15)6-9/h7H,2-4,6H2,1H3. The minimum Gasteiger partial charge on any atom is -0.253 e. The van der Waals surface area contributed by atoms with Crippen LogP contribution in [0.25, 0.3) is 0 Å². The summed E-state index contributed by atoms with van der Waals surface area (Å²) in [5.41, 5.74) is -0.820. The SMILES string of the molecule is Cn1ncnc1CC1(C#N)CCS(=O)(=O)C1. The zero-order valence-corrected chi connectivity index (χ0v) is 9.74. The first-order chi connectivity index (χ1) is 7.46. The van der Waals surface area contributed by atoms with E-state index in [4.69, 9.17) is 5.26 Å². The lowest BCUT2D eigenvalue weighted by atomic mass is 9.85. The molecule has 0 N–H and O–H groups in total. The van der Waals surface area contributed by atoms with Gasteiger partial charge >= 0.3 is 0 Å². The summed E-state index contributed by atoms with van der Waals surface area (Å²) in [6.07, 6.45) is 2.14. The molecule has 0 aliphatic carbocycles. The molecule has 0 bridgehead atoms. The first-order valence-corrected chi connectivity index (χ1v) is 6.73. The Bertz CT molecular complexity index is 542. The molecule has 6 nitrogen and oxygen atoms in total. The van der Waals surface area contributed by atoms with Crippen molar-refractivity contribution < 1.29 is 8.42 Å². The fourth-order valence-electron chi connectivity index (χ4n) is 1.97. The van der Waals surface area contributed by atoms with Crippen molar-refractivity contribution in [2.24, 2.45) is 12.5 Å². The quantitative estimate of drug-likeness (QED) is 0.707. The first-order valence-electron chi connectivity index (χ1n) is 4.91. The van der Waals surface area contributed by atoms with Gasteiger partial charge in [-0.25, -0.2) is 13.4 Å². The van der Waals surface area contributed by atoms with E-state index in [0.717, 1.165) is 0 Å². The van der Waals surface area contributed by atoms with Crippen LogP contribution in [0.5, 0.6) is 0 Å². The van der Waals surface area contributed by atoms with Gasteiger partial charge in [-0.15, -0.1) is 0 Å². The molecule has 1 aromatic rings. The number of sulfone groups is 1. The molecule has 1 aliphatic rings. The fraction of sp³-hybridized carbons (Fsp3) is 0.667. The van der Waals surface area contributed by atoms with E-state index in [0.29, 0.717) is 18.7 Å². The van der Waals surface area contributed by atoms with Crippen molar-refractivity contribution in [2.75, 3.05) is 11.5 Å². The molecule has 0 aromatic carbocycles. The minimum absolute atomic E-state index is 0.0661. The zero-order chi connectivity index (χ0) is 11.8. The average Bonchev–Trinajstić information content (AvgIpc) is 2.73. The summed E-state index contributed by atoms with van der Waals surface area (Å²) in [6, 6.07) is 2.14. The molecule has 0 amide bonds. The fourth-order valence-corrected chi connectivity index (χ4v) is 3.97. The Morgan fingerprint density at radius 3 is 2.88 bits per heavy atom. The van der Waals surface area contributed by atoms with Crippen LogP contribution in [0.1, 0.15) is 12.2 Å². The maximum absolute atomic E-state index is 11.4. The second kappa shape index (κ2) is 3.56. The van der Waals surface area contributed by atoms with Gasteiger partial charge in [0.15, 0.2) is 9.84 Å². The Hall–Kier alpha value is -1.42. The lowest BCUT2D eigenvalue weighted by Gasteiger charge is -2.17. The number of aromatic nitrogens is 3. The van der Waals surface area contributed by atoms with Gasteiger partial charge in [-0.05, 0) is 6.42 Å². The molecule has 7 heteroatoms. The largest absolute Gasteiger partial charge is 0.253 e. The van der Waals surface area contributed by atoms with Gasteiger partial charge in [0.1, 0.15) is 12.2 Å². The molecule has 0 saturated carbocycles. The van der Waals surface area contributed by atoms with Crippen molar-refractivity contribution in [3.63, 3.8) is 0 Å². The van der Waals surface area contributed by atoms with Crippen LogP contribution < -0.4 is 0 Å². The van der Waals surface area contributed by atoms with E-state index in [9.17, 15) is 8.42 Å². The van der Waals surface area contributed by atoms with Gasteiger partial charge in [0.2, 0.25) is 0 Å². The maximum atomic E-state index is 11.4. The smallest absolute Gasteiger partial charge is 0.151 e. The van der Waals surface area contributed by atoms with Crippen molar-refractivity contribution in [3.05, 3.63) is 12.2 Å². The molecule has 1 saturated heterocycles. The van der Waals surface area contributed by atoms with Crippen molar-refractivity contribution in [2.45, 2.75) is 12.8 Å². The Morgan fingerprint density at radius 2 is 2.44 bits per heavy atom. The lowest BCUT2D eigenvalue weighted by Crippen LogP contribution is -2.25. The third kappa shape index (κ3) is 1.93. The van der Waals surface area contributed by atoms with Crippen molar-refractivity contribution in [1.82, 2.24) is 14.8 Å². The number of aryl methyl sites for hydroxylation is 1. The first kappa shape index (κ1) is 11.1. The Morgan fingerprint density at radius 1 is 1.69 bits per heavy atom. The number of rotatable bonds is 2. The number of nitrogens with zero attached hydrogens (tertiary/aromatic N) is 4.